The number of carbonyl (C=O) groups is 1. The number of nitrogens with one attached hydrogen (secondary N) is 2. The van der Waals surface area contributed by atoms with E-state index < -0.39 is 0 Å². The van der Waals surface area contributed by atoms with Crippen molar-refractivity contribution in [1.82, 2.24) is 9.55 Å². The number of para-hydroxylation sites is 1. The molecule has 108 valence electrons. The molecule has 3 rings (SSSR count). The summed E-state index contributed by atoms with van der Waals surface area (Å²) in [4.78, 5) is 16.0. The van der Waals surface area contributed by atoms with Crippen molar-refractivity contribution < 1.29 is 4.79 Å². The molecule has 0 spiro atoms. The Morgan fingerprint density at radius 1 is 1.23 bits per heavy atom. The molecule has 2 N–H and O–H groups in total. The Bertz CT molecular complexity index is 874. The fourth-order valence-electron chi connectivity index (χ4n) is 2.26. The Hall–Kier alpha value is -3.33. The van der Waals surface area contributed by atoms with Crippen LogP contribution in [-0.2, 0) is 7.05 Å². The molecule has 0 saturated heterocycles. The van der Waals surface area contributed by atoms with E-state index in [0.717, 1.165) is 16.6 Å². The number of urea groups is 1. The van der Waals surface area contributed by atoms with Crippen molar-refractivity contribution >= 4 is 28.3 Å². The SMILES string of the molecule is Cn1cc(NC(=O)Nc2ccc(C#N)nc2)c2ccccc21. The van der Waals surface area contributed by atoms with Crippen LogP contribution in [0.4, 0.5) is 16.2 Å². The molecule has 2 aromatic heterocycles. The number of nitriles is 1. The number of aromatic nitrogens is 2. The number of anilines is 2. The summed E-state index contributed by atoms with van der Waals surface area (Å²) >= 11 is 0. The van der Waals surface area contributed by atoms with E-state index in [-0.39, 0.29) is 6.03 Å². The molecule has 0 aliphatic rings. The number of aryl methyl sites for hydroxylation is 1. The molecule has 3 aromatic rings. The van der Waals surface area contributed by atoms with Crippen molar-refractivity contribution in [2.45, 2.75) is 0 Å². The van der Waals surface area contributed by atoms with Crippen LogP contribution < -0.4 is 10.6 Å². The third-order valence-corrected chi connectivity index (χ3v) is 3.28. The van der Waals surface area contributed by atoms with Crippen molar-refractivity contribution in [2.75, 3.05) is 10.6 Å². The molecule has 6 heteroatoms. The monoisotopic (exact) mass is 291 g/mol. The molecule has 0 saturated carbocycles. The molecular formula is C16H13N5O. The standard InChI is InChI=1S/C16H13N5O/c1-21-10-14(13-4-2-3-5-15(13)21)20-16(22)19-12-7-6-11(8-17)18-9-12/h2-7,9-10H,1H3,(H2,19,20,22). The van der Waals surface area contributed by atoms with Crippen molar-refractivity contribution in [3.8, 4) is 6.07 Å². The predicted molar refractivity (Wildman–Crippen MR) is 84.5 cm³/mol. The van der Waals surface area contributed by atoms with Crippen molar-refractivity contribution in [2.24, 2.45) is 7.05 Å². The first-order chi connectivity index (χ1) is 10.7. The molecule has 0 bridgehead atoms. The highest BCUT2D eigenvalue weighted by Crippen LogP contribution is 2.24. The average Bonchev–Trinajstić information content (AvgIpc) is 2.85. The zero-order chi connectivity index (χ0) is 15.5. The number of carbonyl (C=O) groups excluding carboxylic acids is 1. The smallest absolute Gasteiger partial charge is 0.323 e. The zero-order valence-electron chi connectivity index (χ0n) is 11.9. The maximum Gasteiger partial charge on any atom is 0.323 e. The van der Waals surface area contributed by atoms with E-state index >= 15 is 0 Å². The Balaban J connectivity index is 1.77. The van der Waals surface area contributed by atoms with E-state index in [4.69, 9.17) is 5.26 Å². The minimum Gasteiger partial charge on any atom is -0.348 e. The fraction of sp³-hybridized carbons (Fsp3) is 0.0625. The van der Waals surface area contributed by atoms with Gasteiger partial charge in [-0.15, -0.1) is 0 Å². The number of pyridine rings is 1. The van der Waals surface area contributed by atoms with Gasteiger partial charge in [-0.2, -0.15) is 5.26 Å². The van der Waals surface area contributed by atoms with E-state index in [2.05, 4.69) is 15.6 Å². The predicted octanol–water partition coefficient (Wildman–Crippen LogP) is 3.09. The number of benzene rings is 1. The lowest BCUT2D eigenvalue weighted by atomic mass is 10.2. The van der Waals surface area contributed by atoms with Crippen LogP contribution in [0.25, 0.3) is 10.9 Å². The van der Waals surface area contributed by atoms with Gasteiger partial charge in [-0.05, 0) is 18.2 Å². The molecule has 0 radical (unpaired) electrons. The Morgan fingerprint density at radius 2 is 2.05 bits per heavy atom. The molecular weight excluding hydrogens is 278 g/mol. The molecule has 0 aliphatic carbocycles. The quantitative estimate of drug-likeness (QED) is 0.761. The lowest BCUT2D eigenvalue weighted by Gasteiger charge is -2.06. The Morgan fingerprint density at radius 3 is 2.77 bits per heavy atom. The summed E-state index contributed by atoms with van der Waals surface area (Å²) in [6.07, 6.45) is 3.31. The van der Waals surface area contributed by atoms with Crippen LogP contribution >= 0.6 is 0 Å². The first kappa shape index (κ1) is 13.6. The molecule has 0 fully saturated rings. The highest BCUT2D eigenvalue weighted by molar-refractivity contribution is 6.06. The van der Waals surface area contributed by atoms with Crippen LogP contribution in [0.2, 0.25) is 0 Å². The van der Waals surface area contributed by atoms with Gasteiger partial charge in [0.1, 0.15) is 11.8 Å². The van der Waals surface area contributed by atoms with Gasteiger partial charge in [0.05, 0.1) is 17.6 Å². The highest BCUT2D eigenvalue weighted by Gasteiger charge is 2.09. The summed E-state index contributed by atoms with van der Waals surface area (Å²) < 4.78 is 1.95. The molecule has 2 heterocycles. The van der Waals surface area contributed by atoms with Crippen molar-refractivity contribution in [3.05, 3.63) is 54.5 Å². The van der Waals surface area contributed by atoms with Crippen LogP contribution in [0.3, 0.4) is 0 Å². The molecule has 2 amide bonds. The van der Waals surface area contributed by atoms with Crippen LogP contribution in [0.15, 0.2) is 48.8 Å². The number of nitrogens with zero attached hydrogens (tertiary/aromatic N) is 3. The first-order valence-corrected chi connectivity index (χ1v) is 6.65. The number of rotatable bonds is 2. The summed E-state index contributed by atoms with van der Waals surface area (Å²) in [5.74, 6) is 0. The first-order valence-electron chi connectivity index (χ1n) is 6.65. The molecule has 0 atom stereocenters. The summed E-state index contributed by atoms with van der Waals surface area (Å²) in [6.45, 7) is 0. The second-order valence-corrected chi connectivity index (χ2v) is 4.79. The van der Waals surface area contributed by atoms with Crippen molar-refractivity contribution in [3.63, 3.8) is 0 Å². The third-order valence-electron chi connectivity index (χ3n) is 3.28. The highest BCUT2D eigenvalue weighted by atomic mass is 16.2. The number of hydrogen-bond donors (Lipinski definition) is 2. The summed E-state index contributed by atoms with van der Waals surface area (Å²) in [5, 5.41) is 15.2. The minimum absolute atomic E-state index is 0.306. The molecule has 0 aliphatic heterocycles. The van der Waals surface area contributed by atoms with Gasteiger partial charge in [0.25, 0.3) is 0 Å². The summed E-state index contributed by atoms with van der Waals surface area (Å²) in [6, 6.07) is 12.6. The van der Waals surface area contributed by atoms with Gasteiger partial charge < -0.3 is 15.2 Å². The van der Waals surface area contributed by atoms with Crippen LogP contribution in [0, 0.1) is 11.3 Å². The lowest BCUT2D eigenvalue weighted by molar-refractivity contribution is 0.262. The van der Waals surface area contributed by atoms with Gasteiger partial charge in [-0.1, -0.05) is 18.2 Å². The van der Waals surface area contributed by atoms with Gasteiger partial charge in [0.15, 0.2) is 0 Å². The van der Waals surface area contributed by atoms with Gasteiger partial charge in [-0.3, -0.25) is 0 Å². The Kier molecular flexibility index (Phi) is 3.46. The van der Waals surface area contributed by atoms with E-state index in [1.807, 2.05) is 48.1 Å². The Labute approximate surface area is 127 Å². The van der Waals surface area contributed by atoms with Gasteiger partial charge in [0.2, 0.25) is 0 Å². The van der Waals surface area contributed by atoms with Crippen LogP contribution in [-0.4, -0.2) is 15.6 Å². The van der Waals surface area contributed by atoms with E-state index in [0.29, 0.717) is 11.4 Å². The topological polar surface area (TPSA) is 82.7 Å². The van der Waals surface area contributed by atoms with Gasteiger partial charge in [0, 0.05) is 24.1 Å². The second-order valence-electron chi connectivity index (χ2n) is 4.79. The largest absolute Gasteiger partial charge is 0.348 e. The molecule has 6 nitrogen and oxygen atoms in total. The molecule has 1 aromatic carbocycles. The average molecular weight is 291 g/mol. The van der Waals surface area contributed by atoms with Gasteiger partial charge in [-0.25, -0.2) is 9.78 Å². The van der Waals surface area contributed by atoms with E-state index in [1.165, 1.54) is 6.20 Å². The second kappa shape index (κ2) is 5.58. The molecule has 0 unspecified atom stereocenters. The fourth-order valence-corrected chi connectivity index (χ4v) is 2.26. The van der Waals surface area contributed by atoms with Crippen molar-refractivity contribution in [1.29, 1.82) is 5.26 Å². The van der Waals surface area contributed by atoms with Gasteiger partial charge >= 0.3 is 6.03 Å². The molecule has 22 heavy (non-hydrogen) atoms. The minimum atomic E-state index is -0.358. The van der Waals surface area contributed by atoms with E-state index in [1.54, 1.807) is 12.1 Å². The normalized spacial score (nSPS) is 10.2. The number of hydrogen-bond acceptors (Lipinski definition) is 3. The maximum absolute atomic E-state index is 12.1. The number of amides is 2. The summed E-state index contributed by atoms with van der Waals surface area (Å²) in [5.41, 5.74) is 2.60. The lowest BCUT2D eigenvalue weighted by Crippen LogP contribution is -2.19. The summed E-state index contributed by atoms with van der Waals surface area (Å²) in [7, 11) is 1.93. The zero-order valence-corrected chi connectivity index (χ0v) is 11.9. The van der Waals surface area contributed by atoms with E-state index in [9.17, 15) is 4.79 Å². The van der Waals surface area contributed by atoms with Crippen LogP contribution in [0.5, 0.6) is 0 Å². The van der Waals surface area contributed by atoms with Crippen LogP contribution in [0.1, 0.15) is 5.69 Å². The number of fused-ring (bicyclic) bond motifs is 1. The maximum atomic E-state index is 12.1. The third kappa shape index (κ3) is 2.60.